The highest BCUT2D eigenvalue weighted by atomic mass is 16.5. The lowest BCUT2D eigenvalue weighted by atomic mass is 9.94. The maximum atomic E-state index is 13.3. The highest BCUT2D eigenvalue weighted by molar-refractivity contribution is 6.46. The van der Waals surface area contributed by atoms with Gasteiger partial charge in [-0.15, -0.1) is 0 Å². The number of amides is 1. The maximum absolute atomic E-state index is 13.3. The molecule has 1 saturated heterocycles. The Labute approximate surface area is 213 Å². The highest BCUT2D eigenvalue weighted by Crippen LogP contribution is 2.40. The Balaban J connectivity index is 1.72. The summed E-state index contributed by atoms with van der Waals surface area (Å²) >= 11 is 0. The molecule has 0 spiro atoms. The van der Waals surface area contributed by atoms with Crippen LogP contribution >= 0.6 is 0 Å². The fourth-order valence-corrected chi connectivity index (χ4v) is 4.53. The van der Waals surface area contributed by atoms with Crippen LogP contribution in [0.4, 0.5) is 0 Å². The minimum Gasteiger partial charge on any atom is -0.507 e. The minimum absolute atomic E-state index is 0.111. The Hall–Kier alpha value is -3.86. The SMILES string of the molecule is CCCCCOc1cccc(C2/C(=C(\O)c3ccc(C)cc3)C(=O)C(=O)N2CCc2ccccc2)c1. The van der Waals surface area contributed by atoms with Crippen LogP contribution in [0.2, 0.25) is 0 Å². The first-order valence-corrected chi connectivity index (χ1v) is 12.6. The van der Waals surface area contributed by atoms with Gasteiger partial charge in [0.2, 0.25) is 0 Å². The average molecular weight is 484 g/mol. The minimum atomic E-state index is -0.700. The molecule has 4 rings (SSSR count). The highest BCUT2D eigenvalue weighted by Gasteiger charge is 2.45. The number of likely N-dealkylation sites (tertiary alicyclic amines) is 1. The van der Waals surface area contributed by atoms with E-state index in [0.29, 0.717) is 30.9 Å². The molecule has 0 saturated carbocycles. The van der Waals surface area contributed by atoms with Crippen molar-refractivity contribution in [1.82, 2.24) is 4.90 Å². The number of ketones is 1. The Morgan fingerprint density at radius 1 is 0.944 bits per heavy atom. The van der Waals surface area contributed by atoms with Gasteiger partial charge in [0.1, 0.15) is 11.5 Å². The fourth-order valence-electron chi connectivity index (χ4n) is 4.53. The van der Waals surface area contributed by atoms with Gasteiger partial charge in [0.05, 0.1) is 18.2 Å². The number of hydrogen-bond donors (Lipinski definition) is 1. The molecular formula is C31H33NO4. The lowest BCUT2D eigenvalue weighted by Crippen LogP contribution is -2.31. The zero-order valence-corrected chi connectivity index (χ0v) is 20.9. The number of benzene rings is 3. The van der Waals surface area contributed by atoms with Crippen LogP contribution in [0, 0.1) is 6.92 Å². The number of ether oxygens (including phenoxy) is 1. The number of aliphatic hydroxyl groups is 1. The second kappa shape index (κ2) is 11.7. The summed E-state index contributed by atoms with van der Waals surface area (Å²) in [6.45, 7) is 5.06. The Kier molecular flexibility index (Phi) is 8.21. The van der Waals surface area contributed by atoms with E-state index in [4.69, 9.17) is 4.74 Å². The molecule has 1 N–H and O–H groups in total. The Morgan fingerprint density at radius 2 is 1.69 bits per heavy atom. The molecule has 36 heavy (non-hydrogen) atoms. The van der Waals surface area contributed by atoms with Crippen molar-refractivity contribution in [3.8, 4) is 5.75 Å². The van der Waals surface area contributed by atoms with Crippen molar-refractivity contribution in [3.05, 3.63) is 107 Å². The van der Waals surface area contributed by atoms with E-state index in [9.17, 15) is 14.7 Å². The van der Waals surface area contributed by atoms with Crippen molar-refractivity contribution < 1.29 is 19.4 Å². The normalized spacial score (nSPS) is 16.9. The summed E-state index contributed by atoms with van der Waals surface area (Å²) in [6, 6.07) is 24.0. The number of aryl methyl sites for hydroxylation is 1. The number of carbonyl (C=O) groups is 2. The van der Waals surface area contributed by atoms with Crippen molar-refractivity contribution >= 4 is 17.4 Å². The van der Waals surface area contributed by atoms with Crippen LogP contribution in [-0.2, 0) is 16.0 Å². The summed E-state index contributed by atoms with van der Waals surface area (Å²) in [5.41, 5.74) is 3.48. The van der Waals surface area contributed by atoms with E-state index in [-0.39, 0.29) is 11.3 Å². The second-order valence-corrected chi connectivity index (χ2v) is 9.22. The first kappa shape index (κ1) is 25.2. The smallest absolute Gasteiger partial charge is 0.295 e. The largest absolute Gasteiger partial charge is 0.507 e. The van der Waals surface area contributed by atoms with Gasteiger partial charge < -0.3 is 14.7 Å². The lowest BCUT2D eigenvalue weighted by Gasteiger charge is -2.26. The third kappa shape index (κ3) is 5.68. The first-order valence-electron chi connectivity index (χ1n) is 12.6. The third-order valence-electron chi connectivity index (χ3n) is 6.54. The van der Waals surface area contributed by atoms with Crippen LogP contribution in [0.25, 0.3) is 5.76 Å². The van der Waals surface area contributed by atoms with Gasteiger partial charge in [-0.2, -0.15) is 0 Å². The van der Waals surface area contributed by atoms with E-state index in [1.165, 1.54) is 0 Å². The summed E-state index contributed by atoms with van der Waals surface area (Å²) in [6.07, 6.45) is 3.76. The van der Waals surface area contributed by atoms with Gasteiger partial charge in [0.15, 0.2) is 0 Å². The van der Waals surface area contributed by atoms with Crippen molar-refractivity contribution in [2.24, 2.45) is 0 Å². The summed E-state index contributed by atoms with van der Waals surface area (Å²) in [7, 11) is 0. The summed E-state index contributed by atoms with van der Waals surface area (Å²) in [4.78, 5) is 28.1. The Morgan fingerprint density at radius 3 is 2.42 bits per heavy atom. The van der Waals surface area contributed by atoms with Gasteiger partial charge in [0, 0.05) is 12.1 Å². The van der Waals surface area contributed by atoms with Crippen LogP contribution in [0.1, 0.15) is 54.5 Å². The third-order valence-corrected chi connectivity index (χ3v) is 6.54. The number of Topliss-reactive ketones (excluding diaryl/α,β-unsaturated/α-hetero) is 1. The topological polar surface area (TPSA) is 66.8 Å². The summed E-state index contributed by atoms with van der Waals surface area (Å²) in [5.74, 6) is -0.735. The zero-order valence-electron chi connectivity index (χ0n) is 20.9. The predicted octanol–water partition coefficient (Wildman–Crippen LogP) is 6.23. The molecule has 0 bridgehead atoms. The average Bonchev–Trinajstić information content (AvgIpc) is 3.16. The number of carbonyl (C=O) groups excluding carboxylic acids is 2. The molecule has 0 radical (unpaired) electrons. The van der Waals surface area contributed by atoms with E-state index in [1.807, 2.05) is 73.7 Å². The van der Waals surface area contributed by atoms with E-state index in [0.717, 1.165) is 36.0 Å². The summed E-state index contributed by atoms with van der Waals surface area (Å²) in [5, 5.41) is 11.3. The second-order valence-electron chi connectivity index (χ2n) is 9.22. The van der Waals surface area contributed by atoms with Gasteiger partial charge in [-0.05, 0) is 43.0 Å². The van der Waals surface area contributed by atoms with Gasteiger partial charge >= 0.3 is 0 Å². The zero-order chi connectivity index (χ0) is 25.5. The maximum Gasteiger partial charge on any atom is 0.295 e. The van der Waals surface area contributed by atoms with Crippen molar-refractivity contribution in [2.45, 2.75) is 45.6 Å². The number of aliphatic hydroxyl groups excluding tert-OH is 1. The standard InChI is InChI=1S/C31H33NO4/c1-3-4-8-20-36-26-13-9-12-25(21-26)28-27(29(33)24-16-14-22(2)15-17-24)30(34)31(35)32(28)19-18-23-10-6-5-7-11-23/h5-7,9-17,21,28,33H,3-4,8,18-20H2,1-2H3/b29-27+. The molecule has 1 unspecified atom stereocenters. The summed E-state index contributed by atoms with van der Waals surface area (Å²) < 4.78 is 5.95. The molecule has 186 valence electrons. The monoisotopic (exact) mass is 483 g/mol. The van der Waals surface area contributed by atoms with Crippen molar-refractivity contribution in [3.63, 3.8) is 0 Å². The molecule has 1 aliphatic heterocycles. The van der Waals surface area contributed by atoms with E-state index in [1.54, 1.807) is 17.0 Å². The molecule has 0 aliphatic carbocycles. The lowest BCUT2D eigenvalue weighted by molar-refractivity contribution is -0.139. The molecule has 1 amide bonds. The van der Waals surface area contributed by atoms with Crippen LogP contribution < -0.4 is 4.74 Å². The molecule has 1 fully saturated rings. The van der Waals surface area contributed by atoms with Gasteiger partial charge in [-0.1, -0.05) is 92.1 Å². The fraction of sp³-hybridized carbons (Fsp3) is 0.290. The van der Waals surface area contributed by atoms with Crippen molar-refractivity contribution in [1.29, 1.82) is 0 Å². The molecule has 1 atom stereocenters. The number of nitrogens with zero attached hydrogens (tertiary/aromatic N) is 1. The van der Waals surface area contributed by atoms with Gasteiger partial charge in [0.25, 0.3) is 11.7 Å². The van der Waals surface area contributed by atoms with Crippen LogP contribution in [-0.4, -0.2) is 34.8 Å². The van der Waals surface area contributed by atoms with E-state index in [2.05, 4.69) is 6.92 Å². The van der Waals surface area contributed by atoms with Crippen molar-refractivity contribution in [2.75, 3.05) is 13.2 Å². The van der Waals surface area contributed by atoms with Crippen LogP contribution in [0.3, 0.4) is 0 Å². The quantitative estimate of drug-likeness (QED) is 0.161. The molecule has 1 aliphatic rings. The molecule has 3 aromatic carbocycles. The van der Waals surface area contributed by atoms with Crippen LogP contribution in [0.15, 0.2) is 84.4 Å². The number of unbranched alkanes of at least 4 members (excludes halogenated alkanes) is 2. The first-order chi connectivity index (χ1) is 17.5. The molecule has 0 aromatic heterocycles. The van der Waals surface area contributed by atoms with E-state index >= 15 is 0 Å². The molecule has 5 nitrogen and oxygen atoms in total. The number of hydrogen-bond acceptors (Lipinski definition) is 4. The molecule has 3 aromatic rings. The number of rotatable bonds is 10. The molecule has 1 heterocycles. The van der Waals surface area contributed by atoms with Gasteiger partial charge in [-0.3, -0.25) is 9.59 Å². The van der Waals surface area contributed by atoms with E-state index < -0.39 is 17.7 Å². The Bertz CT molecular complexity index is 1230. The van der Waals surface area contributed by atoms with Gasteiger partial charge in [-0.25, -0.2) is 0 Å². The molecular weight excluding hydrogens is 450 g/mol. The van der Waals surface area contributed by atoms with Crippen LogP contribution in [0.5, 0.6) is 5.75 Å². The predicted molar refractivity (Wildman–Crippen MR) is 142 cm³/mol. The molecule has 5 heteroatoms.